The maximum atomic E-state index is 10.9. The van der Waals surface area contributed by atoms with Gasteiger partial charge in [-0.1, -0.05) is 12.1 Å². The molecule has 15 heavy (non-hydrogen) atoms. The molecule has 0 atom stereocenters. The van der Waals surface area contributed by atoms with Crippen molar-refractivity contribution in [2.45, 2.75) is 26.2 Å². The van der Waals surface area contributed by atoms with E-state index in [1.54, 1.807) is 6.92 Å². The van der Waals surface area contributed by atoms with Crippen LogP contribution in [0.25, 0.3) is 0 Å². The topological polar surface area (TPSA) is 20.3 Å². The van der Waals surface area contributed by atoms with Crippen LogP contribution in [0, 0.1) is 0 Å². The zero-order valence-corrected chi connectivity index (χ0v) is 9.20. The largest absolute Gasteiger partial charge is 0.372 e. The highest BCUT2D eigenvalue weighted by Crippen LogP contribution is 2.20. The second kappa shape index (κ2) is 4.47. The van der Waals surface area contributed by atoms with Crippen LogP contribution in [-0.4, -0.2) is 18.9 Å². The number of rotatable bonds is 3. The Hall–Kier alpha value is -1.31. The predicted molar refractivity (Wildman–Crippen MR) is 62.3 cm³/mol. The Labute approximate surface area is 90.9 Å². The Morgan fingerprint density at radius 3 is 2.33 bits per heavy atom. The minimum Gasteiger partial charge on any atom is -0.372 e. The molecule has 1 aromatic rings. The summed E-state index contributed by atoms with van der Waals surface area (Å²) in [5.74, 6) is 0.226. The molecule has 0 amide bonds. The summed E-state index contributed by atoms with van der Waals surface area (Å²) in [6, 6.07) is 8.39. The first kappa shape index (κ1) is 10.2. The molecule has 2 heteroatoms. The van der Waals surface area contributed by atoms with E-state index in [0.29, 0.717) is 6.42 Å². The second-order valence-electron chi connectivity index (χ2n) is 4.24. The summed E-state index contributed by atoms with van der Waals surface area (Å²) in [4.78, 5) is 13.3. The van der Waals surface area contributed by atoms with Gasteiger partial charge in [0, 0.05) is 25.2 Å². The second-order valence-corrected chi connectivity index (χ2v) is 4.24. The van der Waals surface area contributed by atoms with Crippen molar-refractivity contribution in [3.05, 3.63) is 29.8 Å². The van der Waals surface area contributed by atoms with Crippen molar-refractivity contribution in [1.29, 1.82) is 0 Å². The van der Waals surface area contributed by atoms with Gasteiger partial charge in [-0.2, -0.15) is 0 Å². The van der Waals surface area contributed by atoms with Crippen molar-refractivity contribution < 1.29 is 4.79 Å². The monoisotopic (exact) mass is 203 g/mol. The van der Waals surface area contributed by atoms with Crippen molar-refractivity contribution in [3.8, 4) is 0 Å². The molecule has 1 aromatic carbocycles. The number of benzene rings is 1. The van der Waals surface area contributed by atoms with E-state index in [1.807, 2.05) is 0 Å². The molecule has 0 radical (unpaired) electrons. The average Bonchev–Trinajstić information content (AvgIpc) is 2.71. The third-order valence-electron chi connectivity index (χ3n) is 2.86. The zero-order valence-electron chi connectivity index (χ0n) is 9.20. The maximum absolute atomic E-state index is 10.9. The Balaban J connectivity index is 2.06. The summed E-state index contributed by atoms with van der Waals surface area (Å²) >= 11 is 0. The molecule has 0 saturated carbocycles. The van der Waals surface area contributed by atoms with Crippen molar-refractivity contribution >= 4 is 11.5 Å². The third-order valence-corrected chi connectivity index (χ3v) is 2.86. The van der Waals surface area contributed by atoms with E-state index in [1.165, 1.54) is 31.6 Å². The number of ketones is 1. The number of Topliss-reactive ketones (excluding diaryl/α,β-unsaturated/α-hetero) is 1. The van der Waals surface area contributed by atoms with Gasteiger partial charge >= 0.3 is 0 Å². The molecule has 2 rings (SSSR count). The van der Waals surface area contributed by atoms with E-state index in [9.17, 15) is 4.79 Å². The minimum atomic E-state index is 0.226. The molecule has 0 N–H and O–H groups in total. The number of carbonyl (C=O) groups excluding carboxylic acids is 1. The summed E-state index contributed by atoms with van der Waals surface area (Å²) in [6.45, 7) is 3.98. The fraction of sp³-hybridized carbons (Fsp3) is 0.462. The van der Waals surface area contributed by atoms with Crippen LogP contribution >= 0.6 is 0 Å². The summed E-state index contributed by atoms with van der Waals surface area (Å²) in [5.41, 5.74) is 2.41. The van der Waals surface area contributed by atoms with Gasteiger partial charge in [0.05, 0.1) is 0 Å². The van der Waals surface area contributed by atoms with Crippen molar-refractivity contribution in [2.24, 2.45) is 0 Å². The molecule has 2 nitrogen and oxygen atoms in total. The lowest BCUT2D eigenvalue weighted by molar-refractivity contribution is -0.116. The first-order chi connectivity index (χ1) is 7.25. The number of anilines is 1. The summed E-state index contributed by atoms with van der Waals surface area (Å²) in [5, 5.41) is 0. The number of hydrogen-bond acceptors (Lipinski definition) is 2. The quantitative estimate of drug-likeness (QED) is 0.752. The van der Waals surface area contributed by atoms with E-state index in [0.717, 1.165) is 5.56 Å². The maximum Gasteiger partial charge on any atom is 0.134 e. The van der Waals surface area contributed by atoms with Gasteiger partial charge in [0.2, 0.25) is 0 Å². The van der Waals surface area contributed by atoms with E-state index >= 15 is 0 Å². The fourth-order valence-corrected chi connectivity index (χ4v) is 2.09. The van der Waals surface area contributed by atoms with Crippen LogP contribution in [0.5, 0.6) is 0 Å². The van der Waals surface area contributed by atoms with Crippen LogP contribution in [0.4, 0.5) is 5.69 Å². The van der Waals surface area contributed by atoms with Gasteiger partial charge in [-0.3, -0.25) is 4.79 Å². The van der Waals surface area contributed by atoms with Crippen molar-refractivity contribution in [2.75, 3.05) is 18.0 Å². The van der Waals surface area contributed by atoms with Gasteiger partial charge < -0.3 is 4.90 Å². The highest BCUT2D eigenvalue weighted by molar-refractivity contribution is 5.78. The molecule has 0 aromatic heterocycles. The van der Waals surface area contributed by atoms with Gasteiger partial charge in [-0.25, -0.2) is 0 Å². The Kier molecular flexibility index (Phi) is 3.05. The highest BCUT2D eigenvalue weighted by Gasteiger charge is 2.11. The lowest BCUT2D eigenvalue weighted by Gasteiger charge is -2.17. The molecular weight excluding hydrogens is 186 g/mol. The first-order valence-corrected chi connectivity index (χ1v) is 5.59. The predicted octanol–water partition coefficient (Wildman–Crippen LogP) is 2.42. The third kappa shape index (κ3) is 2.58. The molecule has 0 aliphatic carbocycles. The average molecular weight is 203 g/mol. The molecule has 1 aliphatic heterocycles. The number of hydrogen-bond donors (Lipinski definition) is 0. The van der Waals surface area contributed by atoms with Gasteiger partial charge in [0.25, 0.3) is 0 Å². The van der Waals surface area contributed by atoms with Crippen LogP contribution in [-0.2, 0) is 11.2 Å². The van der Waals surface area contributed by atoms with Gasteiger partial charge in [0.15, 0.2) is 0 Å². The van der Waals surface area contributed by atoms with Crippen molar-refractivity contribution in [3.63, 3.8) is 0 Å². The normalized spacial score (nSPS) is 15.7. The molecule has 0 bridgehead atoms. The summed E-state index contributed by atoms with van der Waals surface area (Å²) in [7, 11) is 0. The van der Waals surface area contributed by atoms with E-state index in [2.05, 4.69) is 29.2 Å². The van der Waals surface area contributed by atoms with E-state index in [-0.39, 0.29) is 5.78 Å². The zero-order chi connectivity index (χ0) is 10.7. The van der Waals surface area contributed by atoms with Crippen LogP contribution < -0.4 is 4.90 Å². The molecule has 0 unspecified atom stereocenters. The van der Waals surface area contributed by atoms with Crippen LogP contribution in [0.3, 0.4) is 0 Å². The van der Waals surface area contributed by atoms with Gasteiger partial charge in [-0.15, -0.1) is 0 Å². The van der Waals surface area contributed by atoms with Crippen LogP contribution in [0.15, 0.2) is 24.3 Å². The lowest BCUT2D eigenvalue weighted by atomic mass is 10.1. The Morgan fingerprint density at radius 2 is 1.80 bits per heavy atom. The fourth-order valence-electron chi connectivity index (χ4n) is 2.09. The molecule has 80 valence electrons. The van der Waals surface area contributed by atoms with Gasteiger partial charge in [-0.05, 0) is 37.5 Å². The number of nitrogens with zero attached hydrogens (tertiary/aromatic N) is 1. The standard InChI is InChI=1S/C13H17NO/c1-11(15)10-12-4-6-13(7-5-12)14-8-2-3-9-14/h4-7H,2-3,8-10H2,1H3. The van der Waals surface area contributed by atoms with E-state index < -0.39 is 0 Å². The smallest absolute Gasteiger partial charge is 0.134 e. The number of carbonyl (C=O) groups is 1. The summed E-state index contributed by atoms with van der Waals surface area (Å²) in [6.07, 6.45) is 3.16. The Bertz CT molecular complexity index is 336. The molecule has 1 saturated heterocycles. The van der Waals surface area contributed by atoms with E-state index in [4.69, 9.17) is 0 Å². The molecular formula is C13H17NO. The van der Waals surface area contributed by atoms with Crippen LogP contribution in [0.2, 0.25) is 0 Å². The molecule has 0 spiro atoms. The summed E-state index contributed by atoms with van der Waals surface area (Å²) < 4.78 is 0. The highest BCUT2D eigenvalue weighted by atomic mass is 16.1. The van der Waals surface area contributed by atoms with Crippen molar-refractivity contribution in [1.82, 2.24) is 0 Å². The molecule has 1 fully saturated rings. The SMILES string of the molecule is CC(=O)Cc1ccc(N2CCCC2)cc1. The minimum absolute atomic E-state index is 0.226. The van der Waals surface area contributed by atoms with Gasteiger partial charge in [0.1, 0.15) is 5.78 Å². The van der Waals surface area contributed by atoms with Crippen LogP contribution in [0.1, 0.15) is 25.3 Å². The first-order valence-electron chi connectivity index (χ1n) is 5.59. The Morgan fingerprint density at radius 1 is 1.20 bits per heavy atom. The molecule has 1 aliphatic rings. The molecule has 1 heterocycles. The lowest BCUT2D eigenvalue weighted by Crippen LogP contribution is -2.17.